The molecule has 3 nitrogen and oxygen atoms in total. The van der Waals surface area contributed by atoms with Crippen molar-refractivity contribution in [1.29, 1.82) is 0 Å². The summed E-state index contributed by atoms with van der Waals surface area (Å²) in [4.78, 5) is 2.18. The van der Waals surface area contributed by atoms with Gasteiger partial charge in [-0.15, -0.1) is 0 Å². The first-order valence-corrected chi connectivity index (χ1v) is 5.89. The number of anilines is 1. The highest BCUT2D eigenvalue weighted by Gasteiger charge is 2.31. The van der Waals surface area contributed by atoms with Gasteiger partial charge in [-0.1, -0.05) is 0 Å². The minimum atomic E-state index is -0.221. The fourth-order valence-electron chi connectivity index (χ4n) is 2.40. The molecule has 0 spiro atoms. The highest BCUT2D eigenvalue weighted by atomic mass is 19.1. The largest absolute Gasteiger partial charge is 0.395 e. The molecular formula is C13H19FN2O. The Hall–Kier alpha value is -1.13. The maximum absolute atomic E-state index is 12.9. The van der Waals surface area contributed by atoms with Crippen LogP contribution >= 0.6 is 0 Å². The quantitative estimate of drug-likeness (QED) is 0.817. The SMILES string of the molecule is CC1(C)CN(c2ccc(F)cc2)CC(CO)N1. The lowest BCUT2D eigenvalue weighted by molar-refractivity contribution is 0.191. The van der Waals surface area contributed by atoms with Crippen LogP contribution in [0, 0.1) is 5.82 Å². The Labute approximate surface area is 101 Å². The van der Waals surface area contributed by atoms with Crippen LogP contribution in [-0.2, 0) is 0 Å². The normalized spacial score (nSPS) is 23.8. The smallest absolute Gasteiger partial charge is 0.123 e. The van der Waals surface area contributed by atoms with Gasteiger partial charge in [0.1, 0.15) is 5.82 Å². The van der Waals surface area contributed by atoms with Crippen LogP contribution in [0.1, 0.15) is 13.8 Å². The van der Waals surface area contributed by atoms with Crippen molar-refractivity contribution in [3.8, 4) is 0 Å². The Morgan fingerprint density at radius 3 is 2.65 bits per heavy atom. The molecule has 0 radical (unpaired) electrons. The summed E-state index contributed by atoms with van der Waals surface area (Å²) in [5.74, 6) is -0.221. The number of halogens is 1. The lowest BCUT2D eigenvalue weighted by atomic mass is 9.98. The Balaban J connectivity index is 2.17. The minimum Gasteiger partial charge on any atom is -0.395 e. The summed E-state index contributed by atoms with van der Waals surface area (Å²) in [7, 11) is 0. The Morgan fingerprint density at radius 1 is 1.41 bits per heavy atom. The molecule has 0 bridgehead atoms. The number of nitrogens with zero attached hydrogens (tertiary/aromatic N) is 1. The van der Waals surface area contributed by atoms with Crippen LogP contribution in [0.3, 0.4) is 0 Å². The number of hydrogen-bond donors (Lipinski definition) is 2. The van der Waals surface area contributed by atoms with E-state index in [1.165, 1.54) is 12.1 Å². The summed E-state index contributed by atoms with van der Waals surface area (Å²) in [6, 6.07) is 6.57. The number of hydrogen-bond acceptors (Lipinski definition) is 3. The monoisotopic (exact) mass is 238 g/mol. The molecule has 1 fully saturated rings. The van der Waals surface area contributed by atoms with Gasteiger partial charge in [0.2, 0.25) is 0 Å². The van der Waals surface area contributed by atoms with E-state index in [1.54, 1.807) is 12.1 Å². The van der Waals surface area contributed by atoms with Crippen LogP contribution in [0.5, 0.6) is 0 Å². The summed E-state index contributed by atoms with van der Waals surface area (Å²) in [5, 5.41) is 12.7. The molecule has 1 aliphatic heterocycles. The standard InChI is InChI=1S/C13H19FN2O/c1-13(2)9-16(7-11(8-17)15-13)12-5-3-10(14)4-6-12/h3-6,11,15,17H,7-9H2,1-2H3. The molecule has 2 N–H and O–H groups in total. The van der Waals surface area contributed by atoms with Crippen molar-refractivity contribution in [2.24, 2.45) is 0 Å². The molecule has 1 aromatic carbocycles. The summed E-state index contributed by atoms with van der Waals surface area (Å²) in [6.07, 6.45) is 0. The van der Waals surface area contributed by atoms with Crippen molar-refractivity contribution in [1.82, 2.24) is 5.32 Å². The lowest BCUT2D eigenvalue weighted by Gasteiger charge is -2.44. The lowest BCUT2D eigenvalue weighted by Crippen LogP contribution is -2.63. The van der Waals surface area contributed by atoms with E-state index in [-0.39, 0.29) is 24.0 Å². The third kappa shape index (κ3) is 2.96. The molecule has 1 aromatic rings. The predicted octanol–water partition coefficient (Wildman–Crippen LogP) is 1.37. The van der Waals surface area contributed by atoms with Crippen molar-refractivity contribution in [2.45, 2.75) is 25.4 Å². The molecule has 94 valence electrons. The summed E-state index contributed by atoms with van der Waals surface area (Å²) in [6.45, 7) is 5.90. The molecule has 1 atom stereocenters. The number of piperazine rings is 1. The van der Waals surface area contributed by atoms with Gasteiger partial charge in [-0.2, -0.15) is 0 Å². The van der Waals surface area contributed by atoms with Gasteiger partial charge in [-0.05, 0) is 38.1 Å². The van der Waals surface area contributed by atoms with Gasteiger partial charge in [-0.25, -0.2) is 4.39 Å². The van der Waals surface area contributed by atoms with E-state index in [4.69, 9.17) is 0 Å². The fraction of sp³-hybridized carbons (Fsp3) is 0.538. The van der Waals surface area contributed by atoms with Crippen LogP contribution in [0.15, 0.2) is 24.3 Å². The molecule has 1 saturated heterocycles. The fourth-order valence-corrected chi connectivity index (χ4v) is 2.40. The molecule has 1 unspecified atom stereocenters. The second-order valence-corrected chi connectivity index (χ2v) is 5.26. The van der Waals surface area contributed by atoms with E-state index in [0.717, 1.165) is 18.8 Å². The highest BCUT2D eigenvalue weighted by molar-refractivity contribution is 5.47. The topological polar surface area (TPSA) is 35.5 Å². The second-order valence-electron chi connectivity index (χ2n) is 5.26. The zero-order valence-electron chi connectivity index (χ0n) is 10.3. The summed E-state index contributed by atoms with van der Waals surface area (Å²) < 4.78 is 12.9. The number of benzene rings is 1. The van der Waals surface area contributed by atoms with Gasteiger partial charge in [0.15, 0.2) is 0 Å². The van der Waals surface area contributed by atoms with Crippen LogP contribution < -0.4 is 10.2 Å². The van der Waals surface area contributed by atoms with Gasteiger partial charge in [0.25, 0.3) is 0 Å². The van der Waals surface area contributed by atoms with E-state index in [2.05, 4.69) is 24.1 Å². The molecule has 1 heterocycles. The van der Waals surface area contributed by atoms with Crippen molar-refractivity contribution >= 4 is 5.69 Å². The Bertz CT molecular complexity index is 378. The van der Waals surface area contributed by atoms with Crippen molar-refractivity contribution in [3.63, 3.8) is 0 Å². The molecule has 1 aliphatic rings. The number of aliphatic hydroxyl groups is 1. The minimum absolute atomic E-state index is 0.0555. The van der Waals surface area contributed by atoms with Crippen molar-refractivity contribution in [2.75, 3.05) is 24.6 Å². The van der Waals surface area contributed by atoms with Crippen molar-refractivity contribution < 1.29 is 9.50 Å². The maximum Gasteiger partial charge on any atom is 0.123 e. The molecule has 0 aliphatic carbocycles. The van der Waals surface area contributed by atoms with E-state index < -0.39 is 0 Å². The van der Waals surface area contributed by atoms with Gasteiger partial charge in [0.05, 0.1) is 6.61 Å². The first-order valence-electron chi connectivity index (χ1n) is 5.89. The first kappa shape index (κ1) is 12.3. The average molecular weight is 238 g/mol. The van der Waals surface area contributed by atoms with E-state index in [0.29, 0.717) is 0 Å². The molecule has 0 saturated carbocycles. The number of aliphatic hydroxyl groups excluding tert-OH is 1. The molecule has 0 aromatic heterocycles. The first-order chi connectivity index (χ1) is 8.00. The van der Waals surface area contributed by atoms with E-state index >= 15 is 0 Å². The van der Waals surface area contributed by atoms with Crippen molar-refractivity contribution in [3.05, 3.63) is 30.1 Å². The molecule has 2 rings (SSSR count). The molecule has 0 amide bonds. The van der Waals surface area contributed by atoms with Gasteiger partial charge in [-0.3, -0.25) is 0 Å². The highest BCUT2D eigenvalue weighted by Crippen LogP contribution is 2.21. The van der Waals surface area contributed by atoms with Crippen LogP contribution in [-0.4, -0.2) is 36.4 Å². The third-order valence-corrected chi connectivity index (χ3v) is 3.03. The van der Waals surface area contributed by atoms with Crippen LogP contribution in [0.4, 0.5) is 10.1 Å². The average Bonchev–Trinajstić information content (AvgIpc) is 2.27. The Kier molecular flexibility index (Phi) is 3.35. The van der Waals surface area contributed by atoms with Crippen LogP contribution in [0.25, 0.3) is 0 Å². The number of rotatable bonds is 2. The molecule has 17 heavy (non-hydrogen) atoms. The Morgan fingerprint density at radius 2 is 2.06 bits per heavy atom. The van der Waals surface area contributed by atoms with Crippen LogP contribution in [0.2, 0.25) is 0 Å². The van der Waals surface area contributed by atoms with E-state index in [1.807, 2.05) is 0 Å². The van der Waals surface area contributed by atoms with Gasteiger partial charge >= 0.3 is 0 Å². The predicted molar refractivity (Wildman–Crippen MR) is 66.7 cm³/mol. The molecule has 4 heteroatoms. The van der Waals surface area contributed by atoms with Gasteiger partial charge in [0, 0.05) is 30.4 Å². The van der Waals surface area contributed by atoms with Gasteiger partial charge < -0.3 is 15.3 Å². The second kappa shape index (κ2) is 4.63. The molecular weight excluding hydrogens is 219 g/mol. The third-order valence-electron chi connectivity index (χ3n) is 3.03. The summed E-state index contributed by atoms with van der Waals surface area (Å²) in [5.41, 5.74) is 0.944. The maximum atomic E-state index is 12.9. The zero-order chi connectivity index (χ0) is 12.5. The van der Waals surface area contributed by atoms with E-state index in [9.17, 15) is 9.50 Å². The summed E-state index contributed by atoms with van der Waals surface area (Å²) >= 11 is 0. The zero-order valence-corrected chi connectivity index (χ0v) is 10.3. The number of nitrogens with one attached hydrogen (secondary N) is 1.